The number of rotatable bonds is 2. The number of anilines is 1. The SMILES string of the molecule is CC(=O)Nc1ccc2c(c1C(C)C)OCO2. The van der Waals surface area contributed by atoms with Crippen LogP contribution in [0.2, 0.25) is 0 Å². The molecule has 0 aromatic heterocycles. The van der Waals surface area contributed by atoms with Gasteiger partial charge in [0, 0.05) is 18.2 Å². The Labute approximate surface area is 94.6 Å². The third-order valence-electron chi connectivity index (χ3n) is 2.47. The van der Waals surface area contributed by atoms with Gasteiger partial charge in [0.1, 0.15) is 0 Å². The van der Waals surface area contributed by atoms with Crippen molar-refractivity contribution < 1.29 is 14.3 Å². The lowest BCUT2D eigenvalue weighted by atomic mass is 9.99. The summed E-state index contributed by atoms with van der Waals surface area (Å²) in [5.74, 6) is 1.68. The molecule has 1 aromatic carbocycles. The first-order valence-electron chi connectivity index (χ1n) is 5.29. The van der Waals surface area contributed by atoms with Gasteiger partial charge in [0.2, 0.25) is 12.7 Å². The molecule has 16 heavy (non-hydrogen) atoms. The fourth-order valence-electron chi connectivity index (χ4n) is 1.87. The molecule has 1 N–H and O–H groups in total. The van der Waals surface area contributed by atoms with Crippen molar-refractivity contribution in [3.05, 3.63) is 17.7 Å². The molecule has 0 unspecified atom stereocenters. The Balaban J connectivity index is 2.49. The first-order valence-corrected chi connectivity index (χ1v) is 5.29. The number of hydrogen-bond acceptors (Lipinski definition) is 3. The van der Waals surface area contributed by atoms with Crippen LogP contribution in [0.1, 0.15) is 32.3 Å². The molecular formula is C12H15NO3. The molecule has 2 rings (SSSR count). The summed E-state index contributed by atoms with van der Waals surface area (Å²) < 4.78 is 10.8. The molecule has 1 amide bonds. The molecule has 4 nitrogen and oxygen atoms in total. The molecule has 0 fully saturated rings. The van der Waals surface area contributed by atoms with E-state index >= 15 is 0 Å². The van der Waals surface area contributed by atoms with Crippen LogP contribution in [-0.2, 0) is 4.79 Å². The topological polar surface area (TPSA) is 47.6 Å². The maximum absolute atomic E-state index is 11.1. The Morgan fingerprint density at radius 1 is 1.38 bits per heavy atom. The van der Waals surface area contributed by atoms with Gasteiger partial charge in [-0.15, -0.1) is 0 Å². The van der Waals surface area contributed by atoms with Crippen molar-refractivity contribution in [2.24, 2.45) is 0 Å². The lowest BCUT2D eigenvalue weighted by molar-refractivity contribution is -0.114. The molecule has 1 aliphatic rings. The Hall–Kier alpha value is -1.71. The smallest absolute Gasteiger partial charge is 0.231 e. The quantitative estimate of drug-likeness (QED) is 0.834. The Morgan fingerprint density at radius 2 is 2.12 bits per heavy atom. The van der Waals surface area contributed by atoms with Crippen LogP contribution in [0.5, 0.6) is 11.5 Å². The van der Waals surface area contributed by atoms with Crippen LogP contribution in [0.15, 0.2) is 12.1 Å². The number of hydrogen-bond donors (Lipinski definition) is 1. The van der Waals surface area contributed by atoms with E-state index in [2.05, 4.69) is 19.2 Å². The summed E-state index contributed by atoms with van der Waals surface area (Å²) in [6.45, 7) is 5.86. The van der Waals surface area contributed by atoms with E-state index in [0.29, 0.717) is 0 Å². The number of fused-ring (bicyclic) bond motifs is 1. The largest absolute Gasteiger partial charge is 0.454 e. The number of nitrogens with one attached hydrogen (secondary N) is 1. The van der Waals surface area contributed by atoms with Crippen LogP contribution in [-0.4, -0.2) is 12.7 Å². The Morgan fingerprint density at radius 3 is 2.75 bits per heavy atom. The molecule has 0 aliphatic carbocycles. The second-order valence-electron chi connectivity index (χ2n) is 4.10. The first kappa shape index (κ1) is 10.8. The monoisotopic (exact) mass is 221 g/mol. The highest BCUT2D eigenvalue weighted by molar-refractivity contribution is 5.90. The van der Waals surface area contributed by atoms with E-state index in [1.165, 1.54) is 6.92 Å². The zero-order chi connectivity index (χ0) is 11.7. The van der Waals surface area contributed by atoms with Gasteiger partial charge in [0.15, 0.2) is 11.5 Å². The van der Waals surface area contributed by atoms with Crippen molar-refractivity contribution in [1.82, 2.24) is 0 Å². The number of carbonyl (C=O) groups excluding carboxylic acids is 1. The normalized spacial score (nSPS) is 13.0. The zero-order valence-corrected chi connectivity index (χ0v) is 9.66. The standard InChI is InChI=1S/C12H15NO3/c1-7(2)11-9(13-8(3)14)4-5-10-12(11)16-6-15-10/h4-5,7H,6H2,1-3H3,(H,13,14). The molecule has 0 bridgehead atoms. The van der Waals surface area contributed by atoms with E-state index in [-0.39, 0.29) is 18.6 Å². The van der Waals surface area contributed by atoms with E-state index in [4.69, 9.17) is 9.47 Å². The lowest BCUT2D eigenvalue weighted by Gasteiger charge is -2.15. The Kier molecular flexibility index (Phi) is 2.73. The molecule has 0 saturated carbocycles. The van der Waals surface area contributed by atoms with Crippen molar-refractivity contribution in [3.63, 3.8) is 0 Å². The number of benzene rings is 1. The maximum atomic E-state index is 11.1. The van der Waals surface area contributed by atoms with Crippen molar-refractivity contribution in [1.29, 1.82) is 0 Å². The second-order valence-corrected chi connectivity index (χ2v) is 4.10. The summed E-state index contributed by atoms with van der Waals surface area (Å²) in [6.07, 6.45) is 0. The maximum Gasteiger partial charge on any atom is 0.231 e. The van der Waals surface area contributed by atoms with Gasteiger partial charge in [-0.3, -0.25) is 4.79 Å². The average molecular weight is 221 g/mol. The van der Waals surface area contributed by atoms with Gasteiger partial charge in [0.25, 0.3) is 0 Å². The molecule has 86 valence electrons. The highest BCUT2D eigenvalue weighted by atomic mass is 16.7. The van der Waals surface area contributed by atoms with Gasteiger partial charge in [0.05, 0.1) is 0 Å². The molecule has 0 radical (unpaired) electrons. The van der Waals surface area contributed by atoms with Crippen molar-refractivity contribution in [2.75, 3.05) is 12.1 Å². The van der Waals surface area contributed by atoms with Crippen LogP contribution < -0.4 is 14.8 Å². The van der Waals surface area contributed by atoms with Crippen LogP contribution in [0.25, 0.3) is 0 Å². The zero-order valence-electron chi connectivity index (χ0n) is 9.66. The van der Waals surface area contributed by atoms with Crippen molar-refractivity contribution in [3.8, 4) is 11.5 Å². The van der Waals surface area contributed by atoms with E-state index < -0.39 is 0 Å². The molecule has 0 atom stereocenters. The second kappa shape index (κ2) is 4.04. The van der Waals surface area contributed by atoms with Gasteiger partial charge in [-0.05, 0) is 18.1 Å². The fourth-order valence-corrected chi connectivity index (χ4v) is 1.87. The minimum absolute atomic E-state index is 0.0826. The van der Waals surface area contributed by atoms with Crippen LogP contribution in [0, 0.1) is 0 Å². The third-order valence-corrected chi connectivity index (χ3v) is 2.47. The highest BCUT2D eigenvalue weighted by Gasteiger charge is 2.22. The van der Waals surface area contributed by atoms with E-state index in [0.717, 1.165) is 22.7 Å². The summed E-state index contributed by atoms with van der Waals surface area (Å²) in [5, 5.41) is 2.81. The molecule has 0 spiro atoms. The predicted molar refractivity (Wildman–Crippen MR) is 61.0 cm³/mol. The third kappa shape index (κ3) is 1.83. The molecule has 1 aliphatic heterocycles. The molecule has 1 heterocycles. The van der Waals surface area contributed by atoms with E-state index in [9.17, 15) is 4.79 Å². The fraction of sp³-hybridized carbons (Fsp3) is 0.417. The molecule has 4 heteroatoms. The summed E-state index contributed by atoms with van der Waals surface area (Å²) in [5.41, 5.74) is 1.79. The summed E-state index contributed by atoms with van der Waals surface area (Å²) in [6, 6.07) is 3.67. The van der Waals surface area contributed by atoms with Gasteiger partial charge in [-0.2, -0.15) is 0 Å². The number of amides is 1. The highest BCUT2D eigenvalue weighted by Crippen LogP contribution is 2.43. The van der Waals surface area contributed by atoms with E-state index in [1.807, 2.05) is 12.1 Å². The van der Waals surface area contributed by atoms with Gasteiger partial charge in [-0.25, -0.2) is 0 Å². The number of carbonyl (C=O) groups is 1. The predicted octanol–water partition coefficient (Wildman–Crippen LogP) is 2.50. The minimum Gasteiger partial charge on any atom is -0.454 e. The minimum atomic E-state index is -0.0826. The van der Waals surface area contributed by atoms with Gasteiger partial charge in [-0.1, -0.05) is 13.8 Å². The molecule has 0 saturated heterocycles. The average Bonchev–Trinajstić information content (AvgIpc) is 2.63. The van der Waals surface area contributed by atoms with Crippen molar-refractivity contribution >= 4 is 11.6 Å². The van der Waals surface area contributed by atoms with Crippen molar-refractivity contribution in [2.45, 2.75) is 26.7 Å². The Bertz CT molecular complexity index is 427. The van der Waals surface area contributed by atoms with Crippen LogP contribution in [0.3, 0.4) is 0 Å². The summed E-state index contributed by atoms with van der Waals surface area (Å²) in [4.78, 5) is 11.1. The number of ether oxygens (including phenoxy) is 2. The lowest BCUT2D eigenvalue weighted by Crippen LogP contribution is -2.09. The summed E-state index contributed by atoms with van der Waals surface area (Å²) >= 11 is 0. The van der Waals surface area contributed by atoms with E-state index in [1.54, 1.807) is 0 Å². The van der Waals surface area contributed by atoms with Crippen LogP contribution in [0.4, 0.5) is 5.69 Å². The molecular weight excluding hydrogens is 206 g/mol. The van der Waals surface area contributed by atoms with Gasteiger partial charge >= 0.3 is 0 Å². The first-order chi connectivity index (χ1) is 7.59. The van der Waals surface area contributed by atoms with Gasteiger partial charge < -0.3 is 14.8 Å². The van der Waals surface area contributed by atoms with Crippen LogP contribution >= 0.6 is 0 Å². The summed E-state index contributed by atoms with van der Waals surface area (Å²) in [7, 11) is 0. The molecule has 1 aromatic rings.